The Hall–Kier alpha value is -3.33. The zero-order valence-corrected chi connectivity index (χ0v) is 15.6. The lowest BCUT2D eigenvalue weighted by atomic mass is 10.3. The maximum atomic E-state index is 12.0. The number of esters is 1. The molecule has 3 amide bonds. The average Bonchev–Trinajstić information content (AvgIpc) is 3.19. The van der Waals surface area contributed by atoms with Crippen LogP contribution in [0.1, 0.15) is 17.5 Å². The molecule has 0 saturated heterocycles. The number of hydrogen-bond acceptors (Lipinski definition) is 6. The molecule has 0 radical (unpaired) electrons. The van der Waals surface area contributed by atoms with Crippen LogP contribution in [0.15, 0.2) is 47.1 Å². The number of ether oxygens (including phenoxy) is 1. The highest BCUT2D eigenvalue weighted by atomic mass is 35.5. The Morgan fingerprint density at radius 2 is 1.89 bits per heavy atom. The fraction of sp³-hybridized carbons (Fsp3) is 0.222. The Morgan fingerprint density at radius 1 is 1.11 bits per heavy atom. The first-order valence-corrected chi connectivity index (χ1v) is 8.57. The molecule has 1 atom stereocenters. The molecule has 0 bridgehead atoms. The third kappa shape index (κ3) is 6.76. The molecule has 0 unspecified atom stereocenters. The molecule has 1 aromatic carbocycles. The number of rotatable bonds is 8. The predicted molar refractivity (Wildman–Crippen MR) is 99.7 cm³/mol. The van der Waals surface area contributed by atoms with Gasteiger partial charge in [0.1, 0.15) is 6.54 Å². The molecule has 0 aliphatic heterocycles. The Morgan fingerprint density at radius 3 is 2.57 bits per heavy atom. The van der Waals surface area contributed by atoms with Crippen LogP contribution in [0, 0.1) is 0 Å². The van der Waals surface area contributed by atoms with Crippen molar-refractivity contribution in [1.29, 1.82) is 0 Å². The second-order valence-electron chi connectivity index (χ2n) is 5.57. The third-order valence-electron chi connectivity index (χ3n) is 3.35. The van der Waals surface area contributed by atoms with Gasteiger partial charge in [-0.15, -0.1) is 0 Å². The summed E-state index contributed by atoms with van der Waals surface area (Å²) in [7, 11) is 0. The SMILES string of the molecule is C[C@H](OC(=O)CNC(=O)CNC(=O)c1ccco1)C(=O)Nc1cccc(Cl)c1. The largest absolute Gasteiger partial charge is 0.459 e. The van der Waals surface area contributed by atoms with E-state index in [0.29, 0.717) is 10.7 Å². The Balaban J connectivity index is 1.68. The normalized spacial score (nSPS) is 11.2. The number of carbonyl (C=O) groups excluding carboxylic acids is 4. The summed E-state index contributed by atoms with van der Waals surface area (Å²) in [5.74, 6) is -2.46. The number of halogens is 1. The summed E-state index contributed by atoms with van der Waals surface area (Å²) in [6.07, 6.45) is 0.247. The third-order valence-corrected chi connectivity index (χ3v) is 3.59. The minimum Gasteiger partial charge on any atom is -0.459 e. The minimum atomic E-state index is -1.08. The summed E-state index contributed by atoms with van der Waals surface area (Å²) in [6.45, 7) is 0.588. The zero-order chi connectivity index (χ0) is 20.5. The fourth-order valence-corrected chi connectivity index (χ4v) is 2.18. The van der Waals surface area contributed by atoms with Crippen LogP contribution in [0.25, 0.3) is 0 Å². The van der Waals surface area contributed by atoms with Crippen molar-refractivity contribution in [2.24, 2.45) is 0 Å². The van der Waals surface area contributed by atoms with E-state index >= 15 is 0 Å². The highest BCUT2D eigenvalue weighted by molar-refractivity contribution is 6.30. The van der Waals surface area contributed by atoms with Crippen molar-refractivity contribution in [3.63, 3.8) is 0 Å². The van der Waals surface area contributed by atoms with Gasteiger partial charge in [-0.25, -0.2) is 0 Å². The van der Waals surface area contributed by atoms with Crippen molar-refractivity contribution < 1.29 is 28.3 Å². The van der Waals surface area contributed by atoms with Gasteiger partial charge in [0.2, 0.25) is 5.91 Å². The van der Waals surface area contributed by atoms with Gasteiger partial charge < -0.3 is 25.1 Å². The lowest BCUT2D eigenvalue weighted by Gasteiger charge is -2.14. The number of carbonyl (C=O) groups is 4. The average molecular weight is 408 g/mol. The molecule has 0 spiro atoms. The highest BCUT2D eigenvalue weighted by Crippen LogP contribution is 2.15. The zero-order valence-electron chi connectivity index (χ0n) is 14.9. The number of hydrogen-bond donors (Lipinski definition) is 3. The summed E-state index contributed by atoms with van der Waals surface area (Å²) in [6, 6.07) is 9.48. The molecule has 0 saturated carbocycles. The standard InChI is InChI=1S/C18H18ClN3O6/c1-11(17(25)22-13-5-2-4-12(19)8-13)28-16(24)10-20-15(23)9-21-18(26)14-6-3-7-27-14/h2-8,11H,9-10H2,1H3,(H,20,23)(H,21,26)(H,22,25)/t11-/m0/s1. The molecule has 2 rings (SSSR count). The maximum absolute atomic E-state index is 12.0. The van der Waals surface area contributed by atoms with Crippen molar-refractivity contribution in [3.8, 4) is 0 Å². The molecule has 9 nitrogen and oxygen atoms in total. The number of amides is 3. The van der Waals surface area contributed by atoms with E-state index in [-0.39, 0.29) is 12.3 Å². The quantitative estimate of drug-likeness (QED) is 0.567. The summed E-state index contributed by atoms with van der Waals surface area (Å²) < 4.78 is 9.83. The van der Waals surface area contributed by atoms with Crippen LogP contribution < -0.4 is 16.0 Å². The van der Waals surface area contributed by atoms with Crippen molar-refractivity contribution in [1.82, 2.24) is 10.6 Å². The number of nitrogens with one attached hydrogen (secondary N) is 3. The molecule has 1 heterocycles. The van der Waals surface area contributed by atoms with Gasteiger partial charge in [-0.2, -0.15) is 0 Å². The monoisotopic (exact) mass is 407 g/mol. The Kier molecular flexibility index (Phi) is 7.58. The summed E-state index contributed by atoms with van der Waals surface area (Å²) in [4.78, 5) is 47.0. The molecule has 148 valence electrons. The van der Waals surface area contributed by atoms with E-state index in [0.717, 1.165) is 0 Å². The van der Waals surface area contributed by atoms with Gasteiger partial charge in [-0.1, -0.05) is 17.7 Å². The van der Waals surface area contributed by atoms with E-state index < -0.39 is 36.3 Å². The van der Waals surface area contributed by atoms with Gasteiger partial charge >= 0.3 is 5.97 Å². The van der Waals surface area contributed by atoms with Crippen LogP contribution in [-0.4, -0.2) is 42.9 Å². The van der Waals surface area contributed by atoms with E-state index in [1.165, 1.54) is 25.3 Å². The molecule has 10 heteroatoms. The molecule has 1 aromatic heterocycles. The molecular formula is C18H18ClN3O6. The van der Waals surface area contributed by atoms with Gasteiger partial charge in [0.25, 0.3) is 11.8 Å². The summed E-state index contributed by atoms with van der Waals surface area (Å²) in [5, 5.41) is 7.61. The van der Waals surface area contributed by atoms with Crippen LogP contribution >= 0.6 is 11.6 Å². The second kappa shape index (κ2) is 10.1. The van der Waals surface area contributed by atoms with Crippen LogP contribution in [0.2, 0.25) is 5.02 Å². The second-order valence-corrected chi connectivity index (χ2v) is 6.00. The first kappa shape index (κ1) is 21.0. The fourth-order valence-electron chi connectivity index (χ4n) is 1.99. The summed E-state index contributed by atoms with van der Waals surface area (Å²) in [5.41, 5.74) is 0.459. The predicted octanol–water partition coefficient (Wildman–Crippen LogP) is 1.35. The van der Waals surface area contributed by atoms with E-state index in [1.54, 1.807) is 24.3 Å². The lowest BCUT2D eigenvalue weighted by molar-refractivity contribution is -0.152. The van der Waals surface area contributed by atoms with Crippen LogP contribution in [-0.2, 0) is 19.1 Å². The Bertz CT molecular complexity index is 853. The van der Waals surface area contributed by atoms with Crippen LogP contribution in [0.5, 0.6) is 0 Å². The van der Waals surface area contributed by atoms with E-state index in [2.05, 4.69) is 16.0 Å². The Labute approximate surface area is 165 Å². The molecule has 28 heavy (non-hydrogen) atoms. The molecule has 0 fully saturated rings. The minimum absolute atomic E-state index is 0.0618. The van der Waals surface area contributed by atoms with Crippen molar-refractivity contribution in [2.45, 2.75) is 13.0 Å². The summed E-state index contributed by atoms with van der Waals surface area (Å²) >= 11 is 5.83. The molecule has 2 aromatic rings. The van der Waals surface area contributed by atoms with Crippen molar-refractivity contribution >= 4 is 41.0 Å². The smallest absolute Gasteiger partial charge is 0.326 e. The molecule has 3 N–H and O–H groups in total. The van der Waals surface area contributed by atoms with Gasteiger partial charge in [0, 0.05) is 10.7 Å². The molecule has 0 aliphatic carbocycles. The van der Waals surface area contributed by atoms with Crippen molar-refractivity contribution in [2.75, 3.05) is 18.4 Å². The van der Waals surface area contributed by atoms with Crippen molar-refractivity contribution in [3.05, 3.63) is 53.4 Å². The first-order valence-electron chi connectivity index (χ1n) is 8.19. The molecular weight excluding hydrogens is 390 g/mol. The van der Waals surface area contributed by atoms with Crippen LogP contribution in [0.4, 0.5) is 5.69 Å². The maximum Gasteiger partial charge on any atom is 0.326 e. The number of anilines is 1. The number of furan rings is 1. The highest BCUT2D eigenvalue weighted by Gasteiger charge is 2.18. The van der Waals surface area contributed by atoms with Crippen LogP contribution in [0.3, 0.4) is 0 Å². The topological polar surface area (TPSA) is 127 Å². The van der Waals surface area contributed by atoms with Gasteiger partial charge in [-0.3, -0.25) is 19.2 Å². The van der Waals surface area contributed by atoms with Gasteiger partial charge in [-0.05, 0) is 37.3 Å². The molecule has 0 aliphatic rings. The van der Waals surface area contributed by atoms with E-state index in [1.807, 2.05) is 0 Å². The van der Waals surface area contributed by atoms with Gasteiger partial charge in [0.15, 0.2) is 11.9 Å². The first-order chi connectivity index (χ1) is 13.3. The number of benzene rings is 1. The van der Waals surface area contributed by atoms with E-state index in [4.69, 9.17) is 20.8 Å². The van der Waals surface area contributed by atoms with Gasteiger partial charge in [0.05, 0.1) is 12.8 Å². The lowest BCUT2D eigenvalue weighted by Crippen LogP contribution is -2.40. The van der Waals surface area contributed by atoms with E-state index in [9.17, 15) is 19.2 Å².